The van der Waals surface area contributed by atoms with Gasteiger partial charge < -0.3 is 9.80 Å². The number of anilines is 1. The number of rotatable bonds is 2. The lowest BCUT2D eigenvalue weighted by Crippen LogP contribution is -2.35. The third-order valence-corrected chi connectivity index (χ3v) is 5.38. The number of hydrogen-bond donors (Lipinski definition) is 0. The van der Waals surface area contributed by atoms with Gasteiger partial charge in [-0.15, -0.1) is 0 Å². The molecule has 2 atom stereocenters. The van der Waals surface area contributed by atoms with E-state index in [0.29, 0.717) is 12.0 Å². The molecule has 0 saturated carbocycles. The molecule has 4 rings (SSSR count). The maximum absolute atomic E-state index is 4.30. The molecular weight excluding hydrogens is 282 g/mol. The molecule has 0 amide bonds. The summed E-state index contributed by atoms with van der Waals surface area (Å²) >= 11 is 0. The predicted octanol–water partition coefficient (Wildman–Crippen LogP) is 3.59. The number of fused-ring (bicyclic) bond motifs is 3. The summed E-state index contributed by atoms with van der Waals surface area (Å²) in [5.74, 6) is 0.633. The Bertz CT molecular complexity index is 683. The number of pyridine rings is 1. The van der Waals surface area contributed by atoms with E-state index in [4.69, 9.17) is 0 Å². The SMILES string of the molecule is Cc1ccc2c(c1)[C@H]1CN(C)CCC[C@@H]1N2Cc1cccnc1. The Hall–Kier alpha value is -1.87. The Balaban J connectivity index is 1.73. The average molecular weight is 307 g/mol. The fourth-order valence-corrected chi connectivity index (χ4v) is 4.30. The molecule has 3 heterocycles. The molecule has 0 bridgehead atoms. The van der Waals surface area contributed by atoms with Crippen LogP contribution in [-0.4, -0.2) is 36.1 Å². The zero-order valence-electron chi connectivity index (χ0n) is 14.1. The molecule has 2 aromatic rings. The summed E-state index contributed by atoms with van der Waals surface area (Å²) in [5.41, 5.74) is 5.66. The van der Waals surface area contributed by atoms with Gasteiger partial charge in [0.05, 0.1) is 0 Å². The van der Waals surface area contributed by atoms with Crippen molar-refractivity contribution < 1.29 is 0 Å². The molecule has 0 unspecified atom stereocenters. The van der Waals surface area contributed by atoms with Crippen LogP contribution >= 0.6 is 0 Å². The van der Waals surface area contributed by atoms with Crippen LogP contribution < -0.4 is 4.90 Å². The highest BCUT2D eigenvalue weighted by Gasteiger charge is 2.39. The topological polar surface area (TPSA) is 19.4 Å². The Morgan fingerprint density at radius 1 is 1.26 bits per heavy atom. The highest BCUT2D eigenvalue weighted by molar-refractivity contribution is 5.63. The number of likely N-dealkylation sites (N-methyl/N-ethyl adjacent to an activating group) is 1. The minimum atomic E-state index is 0.622. The minimum absolute atomic E-state index is 0.622. The summed E-state index contributed by atoms with van der Waals surface area (Å²) < 4.78 is 0. The summed E-state index contributed by atoms with van der Waals surface area (Å²) in [5, 5.41) is 0. The summed E-state index contributed by atoms with van der Waals surface area (Å²) in [6.45, 7) is 5.56. The summed E-state index contributed by atoms with van der Waals surface area (Å²) in [4.78, 5) is 9.44. The molecule has 1 aromatic heterocycles. The van der Waals surface area contributed by atoms with E-state index in [-0.39, 0.29) is 0 Å². The van der Waals surface area contributed by atoms with Gasteiger partial charge in [-0.1, -0.05) is 23.8 Å². The van der Waals surface area contributed by atoms with Gasteiger partial charge in [-0.2, -0.15) is 0 Å². The second kappa shape index (κ2) is 5.97. The number of nitrogens with zero attached hydrogens (tertiary/aromatic N) is 3. The van der Waals surface area contributed by atoms with E-state index in [1.807, 2.05) is 18.5 Å². The smallest absolute Gasteiger partial charge is 0.0448 e. The van der Waals surface area contributed by atoms with E-state index in [1.165, 1.54) is 42.7 Å². The third-order valence-electron chi connectivity index (χ3n) is 5.38. The standard InChI is InChI=1S/C20H25N3/c1-15-7-8-20-17(11-15)18-14-22(2)10-4-6-19(18)23(20)13-16-5-3-9-21-12-16/h3,5,7-9,11-12,18-19H,4,6,10,13-14H2,1-2H3/t18-,19+/m1/s1. The van der Waals surface area contributed by atoms with Gasteiger partial charge in [0.15, 0.2) is 0 Å². The van der Waals surface area contributed by atoms with Crippen LogP contribution in [0.5, 0.6) is 0 Å². The number of aryl methyl sites for hydroxylation is 1. The monoisotopic (exact) mass is 307 g/mol. The summed E-state index contributed by atoms with van der Waals surface area (Å²) in [6, 6.07) is 11.9. The van der Waals surface area contributed by atoms with E-state index < -0.39 is 0 Å². The van der Waals surface area contributed by atoms with Crippen LogP contribution in [0.4, 0.5) is 5.69 Å². The first-order chi connectivity index (χ1) is 11.2. The lowest BCUT2D eigenvalue weighted by molar-refractivity contribution is 0.330. The fourth-order valence-electron chi connectivity index (χ4n) is 4.30. The molecule has 23 heavy (non-hydrogen) atoms. The molecule has 0 radical (unpaired) electrons. The molecule has 0 N–H and O–H groups in total. The number of aromatic nitrogens is 1. The molecule has 1 saturated heterocycles. The van der Waals surface area contributed by atoms with Gasteiger partial charge in [0.1, 0.15) is 0 Å². The maximum atomic E-state index is 4.30. The average Bonchev–Trinajstić information content (AvgIpc) is 2.70. The van der Waals surface area contributed by atoms with Crippen LogP contribution in [0.25, 0.3) is 0 Å². The van der Waals surface area contributed by atoms with Gasteiger partial charge in [0.2, 0.25) is 0 Å². The van der Waals surface area contributed by atoms with Gasteiger partial charge >= 0.3 is 0 Å². The van der Waals surface area contributed by atoms with Crippen molar-refractivity contribution in [3.8, 4) is 0 Å². The molecule has 2 aliphatic heterocycles. The van der Waals surface area contributed by atoms with Gasteiger partial charge in [-0.25, -0.2) is 0 Å². The van der Waals surface area contributed by atoms with Crippen LogP contribution in [0.15, 0.2) is 42.7 Å². The quantitative estimate of drug-likeness (QED) is 0.845. The predicted molar refractivity (Wildman–Crippen MR) is 94.9 cm³/mol. The normalized spacial score (nSPS) is 24.2. The van der Waals surface area contributed by atoms with E-state index >= 15 is 0 Å². The zero-order chi connectivity index (χ0) is 15.8. The van der Waals surface area contributed by atoms with Crippen LogP contribution in [0.3, 0.4) is 0 Å². The van der Waals surface area contributed by atoms with Crippen molar-refractivity contribution in [2.45, 2.75) is 38.3 Å². The highest BCUT2D eigenvalue weighted by atomic mass is 15.2. The minimum Gasteiger partial charge on any atom is -0.363 e. The lowest BCUT2D eigenvalue weighted by atomic mass is 9.92. The lowest BCUT2D eigenvalue weighted by Gasteiger charge is -2.29. The van der Waals surface area contributed by atoms with Crippen LogP contribution in [0.2, 0.25) is 0 Å². The molecule has 2 aliphatic rings. The fraction of sp³-hybridized carbons (Fsp3) is 0.450. The van der Waals surface area contributed by atoms with Crippen molar-refractivity contribution in [2.24, 2.45) is 0 Å². The van der Waals surface area contributed by atoms with E-state index in [9.17, 15) is 0 Å². The van der Waals surface area contributed by atoms with Crippen LogP contribution in [0.1, 0.15) is 35.4 Å². The van der Waals surface area contributed by atoms with Gasteiger partial charge in [0.25, 0.3) is 0 Å². The van der Waals surface area contributed by atoms with Gasteiger partial charge in [-0.05, 0) is 56.6 Å². The summed E-state index contributed by atoms with van der Waals surface area (Å²) in [7, 11) is 2.27. The first-order valence-electron chi connectivity index (χ1n) is 8.67. The van der Waals surface area contributed by atoms with E-state index in [2.05, 4.69) is 53.0 Å². The van der Waals surface area contributed by atoms with Gasteiger partial charge in [-0.3, -0.25) is 4.98 Å². The van der Waals surface area contributed by atoms with Crippen molar-refractivity contribution in [2.75, 3.05) is 25.0 Å². The molecule has 120 valence electrons. The number of benzene rings is 1. The Morgan fingerprint density at radius 3 is 3.00 bits per heavy atom. The van der Waals surface area contributed by atoms with Crippen molar-refractivity contribution in [1.82, 2.24) is 9.88 Å². The summed E-state index contributed by atoms with van der Waals surface area (Å²) in [6.07, 6.45) is 6.43. The van der Waals surface area contributed by atoms with Crippen LogP contribution in [-0.2, 0) is 6.54 Å². The molecular formula is C20H25N3. The van der Waals surface area contributed by atoms with Crippen molar-refractivity contribution in [1.29, 1.82) is 0 Å². The Labute approximate surface area is 139 Å². The number of hydrogen-bond acceptors (Lipinski definition) is 3. The van der Waals surface area contributed by atoms with Crippen molar-refractivity contribution in [3.05, 3.63) is 59.4 Å². The van der Waals surface area contributed by atoms with E-state index in [1.54, 1.807) is 5.56 Å². The largest absolute Gasteiger partial charge is 0.363 e. The molecule has 1 aromatic carbocycles. The molecule has 3 nitrogen and oxygen atoms in total. The van der Waals surface area contributed by atoms with Crippen molar-refractivity contribution in [3.63, 3.8) is 0 Å². The first-order valence-corrected chi connectivity index (χ1v) is 8.67. The van der Waals surface area contributed by atoms with Crippen molar-refractivity contribution >= 4 is 5.69 Å². The number of likely N-dealkylation sites (tertiary alicyclic amines) is 1. The molecule has 0 spiro atoms. The van der Waals surface area contributed by atoms with Gasteiger partial charge in [0, 0.05) is 43.1 Å². The molecule has 0 aliphatic carbocycles. The Morgan fingerprint density at radius 2 is 2.17 bits per heavy atom. The zero-order valence-corrected chi connectivity index (χ0v) is 14.1. The Kier molecular flexibility index (Phi) is 3.82. The van der Waals surface area contributed by atoms with Crippen LogP contribution in [0, 0.1) is 6.92 Å². The van der Waals surface area contributed by atoms with E-state index in [0.717, 1.165) is 6.54 Å². The maximum Gasteiger partial charge on any atom is 0.0448 e. The third kappa shape index (κ3) is 2.74. The molecule has 1 fully saturated rings. The second-order valence-electron chi connectivity index (χ2n) is 7.13. The highest BCUT2D eigenvalue weighted by Crippen LogP contribution is 2.45. The first kappa shape index (κ1) is 14.7. The second-order valence-corrected chi connectivity index (χ2v) is 7.13. The molecule has 3 heteroatoms.